The van der Waals surface area contributed by atoms with Crippen LogP contribution in [0.1, 0.15) is 12.0 Å². The summed E-state index contributed by atoms with van der Waals surface area (Å²) >= 11 is 1.81. The van der Waals surface area contributed by atoms with Crippen molar-refractivity contribution in [1.29, 1.82) is 0 Å². The van der Waals surface area contributed by atoms with Gasteiger partial charge in [0, 0.05) is 24.4 Å². The van der Waals surface area contributed by atoms with Crippen molar-refractivity contribution in [3.05, 3.63) is 29.8 Å². The van der Waals surface area contributed by atoms with E-state index in [1.807, 2.05) is 36.0 Å². The van der Waals surface area contributed by atoms with E-state index in [4.69, 9.17) is 14.6 Å². The standard InChI is InChI=1S/C13H20O3S/c1-15-8-9-16-7-2-10-17-13-5-3-12(11-14)4-6-13/h3-6,14H,2,7-11H2,1H3. The summed E-state index contributed by atoms with van der Waals surface area (Å²) in [4.78, 5) is 1.24. The third kappa shape index (κ3) is 6.68. The summed E-state index contributed by atoms with van der Waals surface area (Å²) in [5.74, 6) is 1.05. The van der Waals surface area contributed by atoms with Crippen molar-refractivity contribution in [3.63, 3.8) is 0 Å². The number of aliphatic hydroxyl groups is 1. The molecule has 4 heteroatoms. The zero-order valence-electron chi connectivity index (χ0n) is 10.2. The smallest absolute Gasteiger partial charge is 0.0700 e. The summed E-state index contributed by atoms with van der Waals surface area (Å²) in [6.45, 7) is 2.23. The Labute approximate surface area is 107 Å². The molecule has 0 radical (unpaired) electrons. The number of hydrogen-bond acceptors (Lipinski definition) is 4. The van der Waals surface area contributed by atoms with Gasteiger partial charge in [0.1, 0.15) is 0 Å². The Balaban J connectivity index is 2.05. The fourth-order valence-electron chi connectivity index (χ4n) is 1.29. The minimum Gasteiger partial charge on any atom is -0.392 e. The lowest BCUT2D eigenvalue weighted by atomic mass is 10.2. The molecule has 0 aromatic heterocycles. The van der Waals surface area contributed by atoms with Gasteiger partial charge in [-0.1, -0.05) is 12.1 Å². The first-order valence-electron chi connectivity index (χ1n) is 5.76. The second-order valence-electron chi connectivity index (χ2n) is 3.61. The fourth-order valence-corrected chi connectivity index (χ4v) is 2.11. The molecule has 1 N–H and O–H groups in total. The lowest BCUT2D eigenvalue weighted by molar-refractivity contribution is 0.0713. The molecule has 0 saturated carbocycles. The first-order valence-corrected chi connectivity index (χ1v) is 6.74. The zero-order valence-corrected chi connectivity index (χ0v) is 11.0. The molecule has 0 spiro atoms. The van der Waals surface area contributed by atoms with Gasteiger partial charge in [-0.2, -0.15) is 0 Å². The van der Waals surface area contributed by atoms with E-state index < -0.39 is 0 Å². The Morgan fingerprint density at radius 2 is 1.88 bits per heavy atom. The van der Waals surface area contributed by atoms with Crippen molar-refractivity contribution in [1.82, 2.24) is 0 Å². The first kappa shape index (κ1) is 14.5. The maximum atomic E-state index is 8.91. The largest absolute Gasteiger partial charge is 0.392 e. The Kier molecular flexibility index (Phi) is 8.09. The summed E-state index contributed by atoms with van der Waals surface area (Å²) in [6, 6.07) is 8.00. The Morgan fingerprint density at radius 1 is 1.12 bits per heavy atom. The molecule has 0 aliphatic heterocycles. The van der Waals surface area contributed by atoms with E-state index in [1.54, 1.807) is 7.11 Å². The van der Waals surface area contributed by atoms with Crippen molar-refractivity contribution >= 4 is 11.8 Å². The number of benzene rings is 1. The minimum atomic E-state index is 0.109. The highest BCUT2D eigenvalue weighted by Gasteiger charge is 1.95. The topological polar surface area (TPSA) is 38.7 Å². The van der Waals surface area contributed by atoms with E-state index in [2.05, 4.69) is 0 Å². The molecular formula is C13H20O3S. The number of thioether (sulfide) groups is 1. The predicted molar refractivity (Wildman–Crippen MR) is 70.4 cm³/mol. The summed E-state index contributed by atoms with van der Waals surface area (Å²) in [5.41, 5.74) is 0.956. The van der Waals surface area contributed by atoms with Crippen molar-refractivity contribution in [2.75, 3.05) is 32.7 Å². The normalized spacial score (nSPS) is 10.7. The van der Waals surface area contributed by atoms with Crippen LogP contribution < -0.4 is 0 Å². The molecule has 0 aliphatic rings. The third-order valence-corrected chi connectivity index (χ3v) is 3.34. The summed E-state index contributed by atoms with van der Waals surface area (Å²) in [7, 11) is 1.68. The molecule has 1 rings (SSSR count). The van der Waals surface area contributed by atoms with E-state index in [9.17, 15) is 0 Å². The fraction of sp³-hybridized carbons (Fsp3) is 0.538. The molecule has 0 amide bonds. The molecule has 0 aliphatic carbocycles. The Hall–Kier alpha value is -0.550. The van der Waals surface area contributed by atoms with E-state index >= 15 is 0 Å². The molecule has 96 valence electrons. The van der Waals surface area contributed by atoms with Gasteiger partial charge >= 0.3 is 0 Å². The van der Waals surface area contributed by atoms with Crippen LogP contribution in [-0.2, 0) is 16.1 Å². The zero-order chi connectivity index (χ0) is 12.3. The van der Waals surface area contributed by atoms with Crippen LogP contribution in [0, 0.1) is 0 Å². The van der Waals surface area contributed by atoms with Gasteiger partial charge in [0.05, 0.1) is 19.8 Å². The van der Waals surface area contributed by atoms with Crippen LogP contribution in [0.25, 0.3) is 0 Å². The lowest BCUT2D eigenvalue weighted by Crippen LogP contribution is -2.03. The number of methoxy groups -OCH3 is 1. The van der Waals surface area contributed by atoms with Crippen molar-refractivity contribution in [2.24, 2.45) is 0 Å². The summed E-state index contributed by atoms with van der Waals surface area (Å²) in [5, 5.41) is 8.91. The quantitative estimate of drug-likeness (QED) is 0.543. The second-order valence-corrected chi connectivity index (χ2v) is 4.78. The highest BCUT2D eigenvalue weighted by atomic mass is 32.2. The SMILES string of the molecule is COCCOCCCSc1ccc(CO)cc1. The summed E-state index contributed by atoms with van der Waals surface area (Å²) in [6.07, 6.45) is 1.04. The van der Waals surface area contributed by atoms with E-state index in [1.165, 1.54) is 4.90 Å². The van der Waals surface area contributed by atoms with Gasteiger partial charge in [-0.15, -0.1) is 11.8 Å². The van der Waals surface area contributed by atoms with E-state index in [-0.39, 0.29) is 6.61 Å². The van der Waals surface area contributed by atoms with E-state index in [0.717, 1.165) is 24.3 Å². The van der Waals surface area contributed by atoms with Crippen molar-refractivity contribution in [3.8, 4) is 0 Å². The number of hydrogen-bond donors (Lipinski definition) is 1. The van der Waals surface area contributed by atoms with Gasteiger partial charge in [0.2, 0.25) is 0 Å². The highest BCUT2D eigenvalue weighted by Crippen LogP contribution is 2.19. The molecule has 0 atom stereocenters. The molecule has 3 nitrogen and oxygen atoms in total. The van der Waals surface area contributed by atoms with Crippen LogP contribution >= 0.6 is 11.8 Å². The van der Waals surface area contributed by atoms with Gasteiger partial charge in [-0.25, -0.2) is 0 Å². The van der Waals surface area contributed by atoms with Gasteiger partial charge < -0.3 is 14.6 Å². The van der Waals surface area contributed by atoms with E-state index in [0.29, 0.717) is 13.2 Å². The molecule has 1 aromatic rings. The van der Waals surface area contributed by atoms with Gasteiger partial charge in [-0.3, -0.25) is 0 Å². The number of rotatable bonds is 9. The highest BCUT2D eigenvalue weighted by molar-refractivity contribution is 7.99. The Bertz CT molecular complexity index is 287. The average molecular weight is 256 g/mol. The summed E-state index contributed by atoms with van der Waals surface area (Å²) < 4.78 is 10.3. The molecule has 0 saturated heterocycles. The monoisotopic (exact) mass is 256 g/mol. The predicted octanol–water partition coefficient (Wildman–Crippen LogP) is 2.32. The maximum Gasteiger partial charge on any atom is 0.0700 e. The molecule has 0 fully saturated rings. The minimum absolute atomic E-state index is 0.109. The molecule has 0 unspecified atom stereocenters. The van der Waals surface area contributed by atoms with Crippen LogP contribution in [0.4, 0.5) is 0 Å². The van der Waals surface area contributed by atoms with Crippen molar-refractivity contribution in [2.45, 2.75) is 17.9 Å². The molecular weight excluding hydrogens is 236 g/mol. The van der Waals surface area contributed by atoms with Crippen LogP contribution in [0.15, 0.2) is 29.2 Å². The van der Waals surface area contributed by atoms with Crippen LogP contribution in [0.2, 0.25) is 0 Å². The van der Waals surface area contributed by atoms with Crippen LogP contribution in [0.5, 0.6) is 0 Å². The van der Waals surface area contributed by atoms with Crippen molar-refractivity contribution < 1.29 is 14.6 Å². The molecule has 0 heterocycles. The van der Waals surface area contributed by atoms with Gasteiger partial charge in [0.15, 0.2) is 0 Å². The third-order valence-electron chi connectivity index (χ3n) is 2.24. The van der Waals surface area contributed by atoms with Gasteiger partial charge in [0.25, 0.3) is 0 Å². The lowest BCUT2D eigenvalue weighted by Gasteiger charge is -2.04. The second kappa shape index (κ2) is 9.48. The number of aliphatic hydroxyl groups excluding tert-OH is 1. The van der Waals surface area contributed by atoms with Gasteiger partial charge in [-0.05, 0) is 24.1 Å². The van der Waals surface area contributed by atoms with Crippen LogP contribution in [-0.4, -0.2) is 37.8 Å². The molecule has 17 heavy (non-hydrogen) atoms. The Morgan fingerprint density at radius 3 is 2.53 bits per heavy atom. The maximum absolute atomic E-state index is 8.91. The molecule has 0 bridgehead atoms. The number of ether oxygens (including phenoxy) is 2. The molecule has 1 aromatic carbocycles. The average Bonchev–Trinajstić information content (AvgIpc) is 2.38. The van der Waals surface area contributed by atoms with Crippen LogP contribution in [0.3, 0.4) is 0 Å². The first-order chi connectivity index (χ1) is 8.36.